The van der Waals surface area contributed by atoms with Crippen molar-refractivity contribution in [3.8, 4) is 11.4 Å². The van der Waals surface area contributed by atoms with E-state index in [0.29, 0.717) is 21.6 Å². The van der Waals surface area contributed by atoms with Gasteiger partial charge < -0.3 is 4.74 Å². The zero-order chi connectivity index (χ0) is 19.2. The van der Waals surface area contributed by atoms with Gasteiger partial charge in [0.2, 0.25) is 11.1 Å². The fraction of sp³-hybridized carbons (Fsp3) is 0.118. The molecule has 0 bridgehead atoms. The highest BCUT2D eigenvalue weighted by atomic mass is 35.5. The van der Waals surface area contributed by atoms with Crippen LogP contribution < -0.4 is 10.1 Å². The van der Waals surface area contributed by atoms with Crippen molar-refractivity contribution in [1.29, 1.82) is 0 Å². The summed E-state index contributed by atoms with van der Waals surface area (Å²) < 4.78 is 6.61. The molecule has 0 radical (unpaired) electrons. The van der Waals surface area contributed by atoms with Gasteiger partial charge in [0, 0.05) is 5.02 Å². The van der Waals surface area contributed by atoms with E-state index in [-0.39, 0.29) is 11.3 Å². The minimum Gasteiger partial charge on any atom is -0.496 e. The molecule has 0 saturated heterocycles. The Bertz CT molecular complexity index is 961. The van der Waals surface area contributed by atoms with Gasteiger partial charge in [-0.05, 0) is 46.8 Å². The first-order chi connectivity index (χ1) is 13.1. The van der Waals surface area contributed by atoms with Crippen LogP contribution in [0.2, 0.25) is 5.02 Å². The predicted molar refractivity (Wildman–Crippen MR) is 100 cm³/mol. The number of nitrogens with one attached hydrogen (secondary N) is 1. The highest BCUT2D eigenvalue weighted by molar-refractivity contribution is 7.99. The summed E-state index contributed by atoms with van der Waals surface area (Å²) in [6.45, 7) is 0. The van der Waals surface area contributed by atoms with E-state index in [2.05, 4.69) is 20.8 Å². The zero-order valence-electron chi connectivity index (χ0n) is 14.1. The highest BCUT2D eigenvalue weighted by Gasteiger charge is 2.16. The average Bonchev–Trinajstić information content (AvgIpc) is 3.15. The number of nitrogens with zero attached hydrogens (tertiary/aromatic N) is 4. The number of tetrazole rings is 1. The third-order valence-corrected chi connectivity index (χ3v) is 4.62. The summed E-state index contributed by atoms with van der Waals surface area (Å²) in [7, 11) is 1.46. The lowest BCUT2D eigenvalue weighted by molar-refractivity contribution is -0.117. The second kappa shape index (κ2) is 8.65. The number of methoxy groups -OCH3 is 1. The minimum atomic E-state index is -0.532. The summed E-state index contributed by atoms with van der Waals surface area (Å²) in [5, 5.41) is 14.8. The van der Waals surface area contributed by atoms with Crippen molar-refractivity contribution in [2.24, 2.45) is 0 Å². The molecular weight excluding hydrogens is 390 g/mol. The van der Waals surface area contributed by atoms with Crippen LogP contribution in [0.15, 0.2) is 53.7 Å². The molecule has 0 aliphatic carbocycles. The summed E-state index contributed by atoms with van der Waals surface area (Å²) in [5.74, 6) is -0.645. The molecule has 27 heavy (non-hydrogen) atoms. The third kappa shape index (κ3) is 4.63. The van der Waals surface area contributed by atoms with Crippen LogP contribution >= 0.6 is 23.4 Å². The van der Waals surface area contributed by atoms with Gasteiger partial charge in [-0.25, -0.2) is 0 Å². The van der Waals surface area contributed by atoms with E-state index in [1.807, 2.05) is 0 Å². The maximum atomic E-state index is 12.2. The van der Waals surface area contributed by atoms with Gasteiger partial charge in [-0.3, -0.25) is 14.9 Å². The van der Waals surface area contributed by atoms with Crippen molar-refractivity contribution in [3.63, 3.8) is 0 Å². The maximum absolute atomic E-state index is 12.2. The third-order valence-electron chi connectivity index (χ3n) is 3.45. The Morgan fingerprint density at radius 3 is 2.67 bits per heavy atom. The number of benzene rings is 2. The molecule has 10 heteroatoms. The first-order valence-corrected chi connectivity index (χ1v) is 9.09. The van der Waals surface area contributed by atoms with Gasteiger partial charge in [0.25, 0.3) is 5.91 Å². The Morgan fingerprint density at radius 2 is 1.93 bits per heavy atom. The smallest absolute Gasteiger partial charge is 0.261 e. The lowest BCUT2D eigenvalue weighted by Gasteiger charge is -2.08. The molecular formula is C17H14ClN5O3S. The maximum Gasteiger partial charge on any atom is 0.261 e. The Balaban J connectivity index is 1.62. The highest BCUT2D eigenvalue weighted by Crippen LogP contribution is 2.20. The predicted octanol–water partition coefficient (Wildman–Crippen LogP) is 2.37. The molecule has 2 amide bonds. The molecule has 3 rings (SSSR count). The van der Waals surface area contributed by atoms with Gasteiger partial charge in [0.1, 0.15) is 5.75 Å². The van der Waals surface area contributed by atoms with Gasteiger partial charge >= 0.3 is 0 Å². The number of aromatic nitrogens is 4. The first-order valence-electron chi connectivity index (χ1n) is 7.73. The number of para-hydroxylation sites is 1. The zero-order valence-corrected chi connectivity index (χ0v) is 15.7. The van der Waals surface area contributed by atoms with Crippen LogP contribution in [-0.2, 0) is 4.79 Å². The van der Waals surface area contributed by atoms with Gasteiger partial charge in [-0.1, -0.05) is 35.5 Å². The Hall–Kier alpha value is -2.91. The molecule has 0 aliphatic rings. The van der Waals surface area contributed by atoms with Crippen LogP contribution in [0.1, 0.15) is 10.4 Å². The molecule has 1 N–H and O–H groups in total. The van der Waals surface area contributed by atoms with Crippen molar-refractivity contribution in [2.45, 2.75) is 5.16 Å². The molecule has 0 atom stereocenters. The molecule has 0 saturated carbocycles. The summed E-state index contributed by atoms with van der Waals surface area (Å²) in [6.07, 6.45) is 0. The second-order valence-corrected chi connectivity index (χ2v) is 6.59. The van der Waals surface area contributed by atoms with Crippen LogP contribution in [0.3, 0.4) is 0 Å². The monoisotopic (exact) mass is 403 g/mol. The summed E-state index contributed by atoms with van der Waals surface area (Å²) in [4.78, 5) is 24.4. The topological polar surface area (TPSA) is 99.0 Å². The first kappa shape index (κ1) is 18.9. The van der Waals surface area contributed by atoms with Gasteiger partial charge in [0.05, 0.1) is 24.1 Å². The molecule has 0 spiro atoms. The molecule has 1 heterocycles. The van der Waals surface area contributed by atoms with E-state index in [9.17, 15) is 9.59 Å². The van der Waals surface area contributed by atoms with Gasteiger partial charge in [-0.2, -0.15) is 4.68 Å². The number of ether oxygens (including phenoxy) is 1. The van der Waals surface area contributed by atoms with Crippen LogP contribution in [-0.4, -0.2) is 44.9 Å². The van der Waals surface area contributed by atoms with Crippen LogP contribution in [0.4, 0.5) is 0 Å². The van der Waals surface area contributed by atoms with Gasteiger partial charge in [0.15, 0.2) is 0 Å². The second-order valence-electron chi connectivity index (χ2n) is 5.22. The standard InChI is InChI=1S/C17H14ClN5O3S/c1-26-14-5-3-2-4-13(14)16(25)19-15(24)10-27-17-20-21-22-23(17)12-8-6-11(18)7-9-12/h2-9H,10H2,1H3,(H,19,24,25). The van der Waals surface area contributed by atoms with Gasteiger partial charge in [-0.15, -0.1) is 5.10 Å². The quantitative estimate of drug-likeness (QED) is 0.631. The van der Waals surface area contributed by atoms with Crippen LogP contribution in [0.5, 0.6) is 5.75 Å². The lowest BCUT2D eigenvalue weighted by atomic mass is 10.2. The van der Waals surface area contributed by atoms with Crippen molar-refractivity contribution in [3.05, 3.63) is 59.1 Å². The Labute approximate surface area is 163 Å². The van der Waals surface area contributed by atoms with Crippen molar-refractivity contribution >= 4 is 35.2 Å². The molecule has 0 aliphatic heterocycles. The number of imide groups is 1. The fourth-order valence-corrected chi connectivity index (χ4v) is 3.02. The number of amides is 2. The largest absolute Gasteiger partial charge is 0.496 e. The van der Waals surface area contributed by atoms with Crippen molar-refractivity contribution in [1.82, 2.24) is 25.5 Å². The Kier molecular flexibility index (Phi) is 6.05. The summed E-state index contributed by atoms with van der Waals surface area (Å²) in [6, 6.07) is 13.6. The van der Waals surface area contributed by atoms with E-state index < -0.39 is 11.8 Å². The molecule has 0 fully saturated rings. The molecule has 1 aromatic heterocycles. The molecule has 8 nitrogen and oxygen atoms in total. The SMILES string of the molecule is COc1ccccc1C(=O)NC(=O)CSc1nnnn1-c1ccc(Cl)cc1. The minimum absolute atomic E-state index is 0.0329. The van der Waals surface area contributed by atoms with Crippen molar-refractivity contribution < 1.29 is 14.3 Å². The van der Waals surface area contributed by atoms with E-state index >= 15 is 0 Å². The van der Waals surface area contributed by atoms with E-state index in [1.54, 1.807) is 48.5 Å². The fourth-order valence-electron chi connectivity index (χ4n) is 2.21. The number of rotatable bonds is 6. The molecule has 3 aromatic rings. The molecule has 138 valence electrons. The van der Waals surface area contributed by atoms with E-state index in [0.717, 1.165) is 11.8 Å². The molecule has 0 unspecified atom stereocenters. The number of hydrogen-bond donors (Lipinski definition) is 1. The van der Waals surface area contributed by atoms with Crippen molar-refractivity contribution in [2.75, 3.05) is 12.9 Å². The van der Waals surface area contributed by atoms with E-state index in [1.165, 1.54) is 11.8 Å². The summed E-state index contributed by atoms with van der Waals surface area (Å²) in [5.41, 5.74) is 0.988. The van der Waals surface area contributed by atoms with E-state index in [4.69, 9.17) is 16.3 Å². The molecule has 2 aromatic carbocycles. The van der Waals surface area contributed by atoms with Crippen LogP contribution in [0, 0.1) is 0 Å². The number of hydrogen-bond acceptors (Lipinski definition) is 7. The normalized spacial score (nSPS) is 10.4. The Morgan fingerprint density at radius 1 is 1.19 bits per heavy atom. The summed E-state index contributed by atoms with van der Waals surface area (Å²) >= 11 is 6.98. The number of carbonyl (C=O) groups excluding carboxylic acids is 2. The number of halogens is 1. The van der Waals surface area contributed by atoms with Crippen LogP contribution in [0.25, 0.3) is 5.69 Å². The lowest BCUT2D eigenvalue weighted by Crippen LogP contribution is -2.32. The number of carbonyl (C=O) groups is 2. The number of thioether (sulfide) groups is 1. The average molecular weight is 404 g/mol.